The molecule has 96 valence electrons. The zero-order valence-corrected chi connectivity index (χ0v) is 10.4. The molecule has 17 heavy (non-hydrogen) atoms. The van der Waals surface area contributed by atoms with Crippen molar-refractivity contribution < 1.29 is 19.0 Å². The van der Waals surface area contributed by atoms with Crippen molar-refractivity contribution in [1.82, 2.24) is 0 Å². The van der Waals surface area contributed by atoms with Gasteiger partial charge in [0.25, 0.3) is 0 Å². The van der Waals surface area contributed by atoms with Gasteiger partial charge < -0.3 is 14.6 Å². The number of rotatable bonds is 6. The molecule has 1 aromatic carbocycles. The first kappa shape index (κ1) is 14.1. The van der Waals surface area contributed by atoms with E-state index >= 15 is 0 Å². The molecule has 0 amide bonds. The SMILES string of the molecule is CCOC(OCC)C(O)c1ccc(F)cc1C. The number of aryl methyl sites for hydroxylation is 1. The Balaban J connectivity index is 2.88. The van der Waals surface area contributed by atoms with Crippen LogP contribution in [0.1, 0.15) is 31.1 Å². The number of aliphatic hydroxyl groups excluding tert-OH is 1. The van der Waals surface area contributed by atoms with Crippen LogP contribution in [0, 0.1) is 12.7 Å². The lowest BCUT2D eigenvalue weighted by molar-refractivity contribution is -0.191. The minimum Gasteiger partial charge on any atom is -0.383 e. The third kappa shape index (κ3) is 3.77. The van der Waals surface area contributed by atoms with Crippen LogP contribution in [0.15, 0.2) is 18.2 Å². The molecule has 1 unspecified atom stereocenters. The Morgan fingerprint density at radius 1 is 1.24 bits per heavy atom. The maximum absolute atomic E-state index is 13.0. The van der Waals surface area contributed by atoms with Gasteiger partial charge in [-0.1, -0.05) is 6.07 Å². The van der Waals surface area contributed by atoms with Crippen LogP contribution >= 0.6 is 0 Å². The summed E-state index contributed by atoms with van der Waals surface area (Å²) in [5.41, 5.74) is 1.31. The fourth-order valence-electron chi connectivity index (χ4n) is 1.68. The summed E-state index contributed by atoms with van der Waals surface area (Å²) >= 11 is 0. The highest BCUT2D eigenvalue weighted by Crippen LogP contribution is 2.24. The summed E-state index contributed by atoms with van der Waals surface area (Å²) < 4.78 is 23.6. The minimum absolute atomic E-state index is 0.317. The molecule has 0 saturated heterocycles. The van der Waals surface area contributed by atoms with Crippen LogP contribution in [0.2, 0.25) is 0 Å². The average molecular weight is 242 g/mol. The largest absolute Gasteiger partial charge is 0.383 e. The van der Waals surface area contributed by atoms with Gasteiger partial charge in [0.15, 0.2) is 6.29 Å². The van der Waals surface area contributed by atoms with Crippen LogP contribution in [0.4, 0.5) is 4.39 Å². The first-order valence-electron chi connectivity index (χ1n) is 5.77. The smallest absolute Gasteiger partial charge is 0.187 e. The summed E-state index contributed by atoms with van der Waals surface area (Å²) in [4.78, 5) is 0. The van der Waals surface area contributed by atoms with E-state index in [0.717, 1.165) is 0 Å². The van der Waals surface area contributed by atoms with E-state index in [2.05, 4.69) is 0 Å². The highest BCUT2D eigenvalue weighted by molar-refractivity contribution is 5.28. The molecule has 0 aromatic heterocycles. The Morgan fingerprint density at radius 2 is 1.82 bits per heavy atom. The van der Waals surface area contributed by atoms with Gasteiger partial charge in [0.2, 0.25) is 0 Å². The summed E-state index contributed by atoms with van der Waals surface area (Å²) in [5.74, 6) is -0.317. The summed E-state index contributed by atoms with van der Waals surface area (Å²) in [7, 11) is 0. The topological polar surface area (TPSA) is 38.7 Å². The molecule has 1 atom stereocenters. The molecule has 0 radical (unpaired) electrons. The van der Waals surface area contributed by atoms with Crippen LogP contribution in [-0.4, -0.2) is 24.6 Å². The predicted octanol–water partition coefficient (Wildman–Crippen LogP) is 2.57. The van der Waals surface area contributed by atoms with Crippen molar-refractivity contribution in [3.05, 3.63) is 35.1 Å². The number of hydrogen-bond acceptors (Lipinski definition) is 3. The monoisotopic (exact) mass is 242 g/mol. The molecule has 0 saturated carbocycles. The molecule has 3 nitrogen and oxygen atoms in total. The maximum Gasteiger partial charge on any atom is 0.187 e. The number of benzene rings is 1. The van der Waals surface area contributed by atoms with Crippen molar-refractivity contribution in [2.75, 3.05) is 13.2 Å². The lowest BCUT2D eigenvalue weighted by Crippen LogP contribution is -2.26. The normalized spacial score (nSPS) is 13.1. The Morgan fingerprint density at radius 3 is 2.29 bits per heavy atom. The van der Waals surface area contributed by atoms with E-state index in [1.165, 1.54) is 12.1 Å². The fraction of sp³-hybridized carbons (Fsp3) is 0.538. The molecule has 0 bridgehead atoms. The second-order valence-electron chi connectivity index (χ2n) is 3.72. The lowest BCUT2D eigenvalue weighted by atomic mass is 10.0. The van der Waals surface area contributed by atoms with E-state index in [-0.39, 0.29) is 5.82 Å². The molecule has 1 rings (SSSR count). The van der Waals surface area contributed by atoms with E-state index in [1.54, 1.807) is 13.0 Å². The molecule has 0 aliphatic heterocycles. The molecule has 1 aromatic rings. The van der Waals surface area contributed by atoms with Gasteiger partial charge in [0.1, 0.15) is 11.9 Å². The first-order valence-corrected chi connectivity index (χ1v) is 5.77. The number of aliphatic hydroxyl groups is 1. The van der Waals surface area contributed by atoms with Crippen LogP contribution in [-0.2, 0) is 9.47 Å². The molecule has 4 heteroatoms. The van der Waals surface area contributed by atoms with Crippen molar-refractivity contribution >= 4 is 0 Å². The Bertz CT molecular complexity index is 349. The summed E-state index contributed by atoms with van der Waals surface area (Å²) in [5, 5.41) is 10.1. The quantitative estimate of drug-likeness (QED) is 0.779. The molecule has 0 spiro atoms. The Labute approximate surface area is 101 Å². The van der Waals surface area contributed by atoms with Gasteiger partial charge in [-0.3, -0.25) is 0 Å². The van der Waals surface area contributed by atoms with Gasteiger partial charge in [0.05, 0.1) is 0 Å². The van der Waals surface area contributed by atoms with E-state index < -0.39 is 12.4 Å². The molecule has 0 aliphatic rings. The van der Waals surface area contributed by atoms with Gasteiger partial charge >= 0.3 is 0 Å². The third-order valence-electron chi connectivity index (χ3n) is 2.47. The Kier molecular flexibility index (Phi) is 5.55. The average Bonchev–Trinajstić information content (AvgIpc) is 2.28. The van der Waals surface area contributed by atoms with E-state index in [9.17, 15) is 9.50 Å². The fourth-order valence-corrected chi connectivity index (χ4v) is 1.68. The number of ether oxygens (including phenoxy) is 2. The van der Waals surface area contributed by atoms with Crippen molar-refractivity contribution in [1.29, 1.82) is 0 Å². The van der Waals surface area contributed by atoms with Crippen LogP contribution < -0.4 is 0 Å². The maximum atomic E-state index is 13.0. The van der Waals surface area contributed by atoms with Crippen molar-refractivity contribution in [3.63, 3.8) is 0 Å². The van der Waals surface area contributed by atoms with Crippen LogP contribution in [0.25, 0.3) is 0 Å². The van der Waals surface area contributed by atoms with E-state index in [4.69, 9.17) is 9.47 Å². The molecular formula is C13H19FO3. The standard InChI is InChI=1S/C13H19FO3/c1-4-16-13(17-5-2)12(15)11-7-6-10(14)8-9(11)3/h6-8,12-13,15H,4-5H2,1-3H3. The van der Waals surface area contributed by atoms with Gasteiger partial charge in [-0.2, -0.15) is 0 Å². The third-order valence-corrected chi connectivity index (χ3v) is 2.47. The van der Waals surface area contributed by atoms with E-state index in [0.29, 0.717) is 24.3 Å². The van der Waals surface area contributed by atoms with Crippen LogP contribution in [0.3, 0.4) is 0 Å². The zero-order valence-electron chi connectivity index (χ0n) is 10.4. The highest BCUT2D eigenvalue weighted by atomic mass is 19.1. The number of hydrogen-bond donors (Lipinski definition) is 1. The highest BCUT2D eigenvalue weighted by Gasteiger charge is 2.23. The van der Waals surface area contributed by atoms with Crippen LogP contribution in [0.5, 0.6) is 0 Å². The van der Waals surface area contributed by atoms with E-state index in [1.807, 2.05) is 13.8 Å². The van der Waals surface area contributed by atoms with Crippen molar-refractivity contribution in [2.45, 2.75) is 33.2 Å². The molecule has 1 N–H and O–H groups in total. The Hall–Kier alpha value is -0.970. The first-order chi connectivity index (χ1) is 8.10. The molecule has 0 fully saturated rings. The van der Waals surface area contributed by atoms with Gasteiger partial charge in [0, 0.05) is 13.2 Å². The second kappa shape index (κ2) is 6.69. The summed E-state index contributed by atoms with van der Waals surface area (Å²) in [6.07, 6.45) is -1.62. The lowest BCUT2D eigenvalue weighted by Gasteiger charge is -2.24. The minimum atomic E-state index is -0.907. The summed E-state index contributed by atoms with van der Waals surface area (Å²) in [6.45, 7) is 6.30. The molecule has 0 heterocycles. The van der Waals surface area contributed by atoms with Crippen molar-refractivity contribution in [2.24, 2.45) is 0 Å². The predicted molar refractivity (Wildman–Crippen MR) is 63.1 cm³/mol. The van der Waals surface area contributed by atoms with Gasteiger partial charge in [-0.15, -0.1) is 0 Å². The van der Waals surface area contributed by atoms with Gasteiger partial charge in [-0.25, -0.2) is 4.39 Å². The molecule has 0 aliphatic carbocycles. The van der Waals surface area contributed by atoms with Gasteiger partial charge in [-0.05, 0) is 44.0 Å². The summed E-state index contributed by atoms with van der Waals surface area (Å²) in [6, 6.07) is 4.26. The second-order valence-corrected chi connectivity index (χ2v) is 3.72. The zero-order chi connectivity index (χ0) is 12.8. The number of halogens is 1. The molecular weight excluding hydrogens is 223 g/mol. The van der Waals surface area contributed by atoms with Crippen molar-refractivity contribution in [3.8, 4) is 0 Å².